The van der Waals surface area contributed by atoms with Crippen LogP contribution in [0.15, 0.2) is 52.4 Å². The third-order valence-corrected chi connectivity index (χ3v) is 5.38. The first-order chi connectivity index (χ1) is 13.8. The van der Waals surface area contributed by atoms with Crippen LogP contribution in [-0.2, 0) is 16.6 Å². The summed E-state index contributed by atoms with van der Waals surface area (Å²) in [5, 5.41) is 16.4. The molecule has 10 nitrogen and oxygen atoms in total. The van der Waals surface area contributed by atoms with Crippen molar-refractivity contribution in [1.29, 1.82) is 0 Å². The lowest BCUT2D eigenvalue weighted by Crippen LogP contribution is -2.16. The zero-order valence-electron chi connectivity index (χ0n) is 15.7. The molecular weight excluding hydrogens is 394 g/mol. The second-order valence-electron chi connectivity index (χ2n) is 6.62. The standard InChI is InChI=1S/C18H19N7O3S/c1-25(2)14-4-3-13(29(19,26)27)7-12(14)8-20-17-15-16(11-5-6-28-9-11)23-24-18(15)22-10-21-17/h3-7,9-10H,8H2,1-2H3,(H2,19,26,27)(H2,20,21,22,23,24). The van der Waals surface area contributed by atoms with E-state index in [-0.39, 0.29) is 4.90 Å². The number of primary sulfonamides is 1. The molecule has 0 fully saturated rings. The smallest absolute Gasteiger partial charge is 0.238 e. The average molecular weight is 413 g/mol. The second kappa shape index (κ2) is 7.18. The molecule has 0 unspecified atom stereocenters. The third kappa shape index (κ3) is 3.65. The lowest BCUT2D eigenvalue weighted by atomic mass is 10.1. The number of anilines is 2. The van der Waals surface area contributed by atoms with Crippen molar-refractivity contribution in [2.24, 2.45) is 5.14 Å². The van der Waals surface area contributed by atoms with Gasteiger partial charge in [-0.05, 0) is 29.8 Å². The Kier molecular flexibility index (Phi) is 4.68. The van der Waals surface area contributed by atoms with Crippen molar-refractivity contribution in [3.63, 3.8) is 0 Å². The zero-order chi connectivity index (χ0) is 20.6. The van der Waals surface area contributed by atoms with E-state index in [0.29, 0.717) is 23.4 Å². The number of aromatic amines is 1. The molecule has 0 spiro atoms. The predicted octanol–water partition coefficient (Wildman–Crippen LogP) is 1.94. The minimum Gasteiger partial charge on any atom is -0.472 e. The molecule has 3 aromatic heterocycles. The minimum atomic E-state index is -3.81. The van der Waals surface area contributed by atoms with E-state index < -0.39 is 10.0 Å². The van der Waals surface area contributed by atoms with Gasteiger partial charge in [0.25, 0.3) is 0 Å². The lowest BCUT2D eigenvalue weighted by molar-refractivity contribution is 0.568. The van der Waals surface area contributed by atoms with Crippen molar-refractivity contribution in [2.45, 2.75) is 11.4 Å². The van der Waals surface area contributed by atoms with Crippen LogP contribution in [0, 0.1) is 0 Å². The van der Waals surface area contributed by atoms with Crippen molar-refractivity contribution in [3.05, 3.63) is 48.7 Å². The molecule has 4 aromatic rings. The maximum Gasteiger partial charge on any atom is 0.238 e. The number of nitrogens with one attached hydrogen (secondary N) is 2. The third-order valence-electron chi connectivity index (χ3n) is 4.47. The fourth-order valence-electron chi connectivity index (χ4n) is 3.10. The number of nitrogens with zero attached hydrogens (tertiary/aromatic N) is 4. The Morgan fingerprint density at radius 3 is 2.76 bits per heavy atom. The van der Waals surface area contributed by atoms with Gasteiger partial charge in [0.2, 0.25) is 10.0 Å². The largest absolute Gasteiger partial charge is 0.472 e. The van der Waals surface area contributed by atoms with Crippen molar-refractivity contribution >= 4 is 32.6 Å². The molecule has 1 aromatic carbocycles. The molecule has 0 bridgehead atoms. The number of aromatic nitrogens is 4. The van der Waals surface area contributed by atoms with Crippen LogP contribution >= 0.6 is 0 Å². The van der Waals surface area contributed by atoms with Crippen molar-refractivity contribution < 1.29 is 12.8 Å². The summed E-state index contributed by atoms with van der Waals surface area (Å²) in [6.07, 6.45) is 4.59. The normalized spacial score (nSPS) is 11.7. The number of hydrogen-bond donors (Lipinski definition) is 3. The number of fused-ring (bicyclic) bond motifs is 1. The minimum absolute atomic E-state index is 0.0510. The molecule has 0 aliphatic rings. The number of benzene rings is 1. The van der Waals surface area contributed by atoms with Gasteiger partial charge in [-0.3, -0.25) is 5.10 Å². The average Bonchev–Trinajstić information content (AvgIpc) is 3.34. The maximum atomic E-state index is 11.8. The first-order valence-corrected chi connectivity index (χ1v) is 10.2. The van der Waals surface area contributed by atoms with Crippen LogP contribution in [0.25, 0.3) is 22.3 Å². The van der Waals surface area contributed by atoms with Crippen LogP contribution in [-0.4, -0.2) is 42.7 Å². The van der Waals surface area contributed by atoms with E-state index in [1.54, 1.807) is 24.7 Å². The highest BCUT2D eigenvalue weighted by molar-refractivity contribution is 7.89. The van der Waals surface area contributed by atoms with Crippen LogP contribution < -0.4 is 15.4 Å². The summed E-state index contributed by atoms with van der Waals surface area (Å²) in [5.74, 6) is 0.561. The lowest BCUT2D eigenvalue weighted by Gasteiger charge is -2.19. The first-order valence-electron chi connectivity index (χ1n) is 8.63. The molecule has 0 amide bonds. The molecule has 0 saturated carbocycles. The van der Waals surface area contributed by atoms with E-state index in [4.69, 9.17) is 9.56 Å². The Hall–Kier alpha value is -3.44. The molecule has 0 aliphatic carbocycles. The Morgan fingerprint density at radius 1 is 1.24 bits per heavy atom. The van der Waals surface area contributed by atoms with E-state index >= 15 is 0 Å². The fraction of sp³-hybridized carbons (Fsp3) is 0.167. The molecule has 4 N–H and O–H groups in total. The zero-order valence-corrected chi connectivity index (χ0v) is 16.6. The van der Waals surface area contributed by atoms with Gasteiger partial charge >= 0.3 is 0 Å². The van der Waals surface area contributed by atoms with Crippen molar-refractivity contribution in [3.8, 4) is 11.3 Å². The monoisotopic (exact) mass is 413 g/mol. The summed E-state index contributed by atoms with van der Waals surface area (Å²) in [5.41, 5.74) is 3.66. The van der Waals surface area contributed by atoms with Crippen molar-refractivity contribution in [1.82, 2.24) is 20.2 Å². The van der Waals surface area contributed by atoms with Gasteiger partial charge in [-0.2, -0.15) is 5.10 Å². The highest BCUT2D eigenvalue weighted by Gasteiger charge is 2.17. The molecule has 11 heteroatoms. The number of nitrogens with two attached hydrogens (primary N) is 1. The fourth-order valence-corrected chi connectivity index (χ4v) is 3.67. The SMILES string of the molecule is CN(C)c1ccc(S(N)(=O)=O)cc1CNc1ncnc2n[nH]c(-c3ccoc3)c12. The molecule has 29 heavy (non-hydrogen) atoms. The van der Waals surface area contributed by atoms with Crippen LogP contribution in [0.2, 0.25) is 0 Å². The number of furan rings is 1. The molecule has 3 heterocycles. The second-order valence-corrected chi connectivity index (χ2v) is 8.18. The van der Waals surface area contributed by atoms with Gasteiger partial charge in [-0.1, -0.05) is 0 Å². The highest BCUT2D eigenvalue weighted by Crippen LogP contribution is 2.31. The van der Waals surface area contributed by atoms with Crippen molar-refractivity contribution in [2.75, 3.05) is 24.3 Å². The summed E-state index contributed by atoms with van der Waals surface area (Å²) >= 11 is 0. The van der Waals surface area contributed by atoms with Gasteiger partial charge in [-0.25, -0.2) is 23.5 Å². The Morgan fingerprint density at radius 2 is 2.07 bits per heavy atom. The van der Waals surface area contributed by atoms with E-state index in [0.717, 1.165) is 22.5 Å². The summed E-state index contributed by atoms with van der Waals surface area (Å²) in [4.78, 5) is 10.5. The van der Waals surface area contributed by atoms with Crippen LogP contribution in [0.3, 0.4) is 0 Å². The van der Waals surface area contributed by atoms with Gasteiger partial charge in [-0.15, -0.1) is 0 Å². The van der Waals surface area contributed by atoms with Gasteiger partial charge < -0.3 is 14.6 Å². The summed E-state index contributed by atoms with van der Waals surface area (Å²) in [6.45, 7) is 0.318. The summed E-state index contributed by atoms with van der Waals surface area (Å²) in [7, 11) is -0.0494. The predicted molar refractivity (Wildman–Crippen MR) is 109 cm³/mol. The van der Waals surface area contributed by atoms with Gasteiger partial charge in [0.05, 0.1) is 28.5 Å². The van der Waals surface area contributed by atoms with Gasteiger partial charge in [0.15, 0.2) is 5.65 Å². The number of sulfonamides is 1. The quantitative estimate of drug-likeness (QED) is 0.435. The molecule has 0 atom stereocenters. The molecule has 4 rings (SSSR count). The molecular formula is C18H19N7O3S. The Bertz CT molecular complexity index is 1260. The van der Waals surface area contributed by atoms with Gasteiger partial charge in [0, 0.05) is 31.9 Å². The number of hydrogen-bond acceptors (Lipinski definition) is 8. The molecule has 0 saturated heterocycles. The molecule has 0 radical (unpaired) electrons. The summed E-state index contributed by atoms with van der Waals surface area (Å²) in [6, 6.07) is 6.58. The van der Waals surface area contributed by atoms with E-state index in [9.17, 15) is 8.42 Å². The maximum absolute atomic E-state index is 11.8. The number of rotatable bonds is 6. The molecule has 150 valence electrons. The van der Waals surface area contributed by atoms with E-state index in [2.05, 4.69) is 25.5 Å². The number of H-pyrrole nitrogens is 1. The van der Waals surface area contributed by atoms with Crippen LogP contribution in [0.5, 0.6) is 0 Å². The Balaban J connectivity index is 1.73. The van der Waals surface area contributed by atoms with E-state index in [1.165, 1.54) is 12.4 Å². The Labute approximate surface area is 166 Å². The first kappa shape index (κ1) is 18.9. The topological polar surface area (TPSA) is 143 Å². The highest BCUT2D eigenvalue weighted by atomic mass is 32.2. The molecule has 0 aliphatic heterocycles. The van der Waals surface area contributed by atoms with Gasteiger partial charge in [0.1, 0.15) is 12.1 Å². The van der Waals surface area contributed by atoms with Crippen LogP contribution in [0.1, 0.15) is 5.56 Å². The van der Waals surface area contributed by atoms with E-state index in [1.807, 2.05) is 25.1 Å². The summed E-state index contributed by atoms with van der Waals surface area (Å²) < 4.78 is 28.7. The van der Waals surface area contributed by atoms with Crippen LogP contribution in [0.4, 0.5) is 11.5 Å².